The van der Waals surface area contributed by atoms with E-state index in [0.717, 1.165) is 25.7 Å². The summed E-state index contributed by atoms with van der Waals surface area (Å²) in [6, 6.07) is 0. The van der Waals surface area contributed by atoms with Gasteiger partial charge in [0.2, 0.25) is 0 Å². The van der Waals surface area contributed by atoms with Gasteiger partial charge in [-0.25, -0.2) is 0 Å². The van der Waals surface area contributed by atoms with Gasteiger partial charge < -0.3 is 5.11 Å². The number of allylic oxidation sites excluding steroid dienone is 4. The van der Waals surface area contributed by atoms with Crippen LogP contribution in [0.4, 0.5) is 0 Å². The van der Waals surface area contributed by atoms with E-state index in [4.69, 9.17) is 0 Å². The Kier molecular flexibility index (Phi) is 3.32. The minimum Gasteiger partial charge on any atom is -0.382 e. The number of ketones is 2. The Hall–Kier alpha value is -1.22. The zero-order chi connectivity index (χ0) is 17.3. The first kappa shape index (κ1) is 16.3. The van der Waals surface area contributed by atoms with Gasteiger partial charge >= 0.3 is 0 Å². The molecule has 0 heterocycles. The third-order valence-electron chi connectivity index (χ3n) is 8.25. The highest BCUT2D eigenvalue weighted by atomic mass is 16.3. The molecule has 0 aromatic rings. The second kappa shape index (κ2) is 4.91. The molecule has 0 amide bonds. The van der Waals surface area contributed by atoms with Crippen LogP contribution in [0.3, 0.4) is 0 Å². The molecule has 1 N–H and O–H groups in total. The van der Waals surface area contributed by atoms with Crippen molar-refractivity contribution < 1.29 is 14.7 Å². The van der Waals surface area contributed by atoms with Gasteiger partial charge in [0.25, 0.3) is 0 Å². The number of rotatable bonds is 1. The fraction of sp³-hybridized carbons (Fsp3) is 0.714. The van der Waals surface area contributed by atoms with Gasteiger partial charge in [-0.3, -0.25) is 9.59 Å². The molecule has 4 aliphatic rings. The average Bonchev–Trinajstić information content (AvgIpc) is 2.81. The summed E-state index contributed by atoms with van der Waals surface area (Å²) in [5.74, 6) is 1.47. The summed E-state index contributed by atoms with van der Waals surface area (Å²) >= 11 is 0. The Labute approximate surface area is 144 Å². The van der Waals surface area contributed by atoms with Gasteiger partial charge in [-0.15, -0.1) is 0 Å². The molecule has 4 aliphatic carbocycles. The van der Waals surface area contributed by atoms with Crippen LogP contribution in [0.5, 0.6) is 0 Å². The Bertz CT molecular complexity index is 675. The lowest BCUT2D eigenvalue weighted by molar-refractivity contribution is -0.156. The van der Waals surface area contributed by atoms with E-state index < -0.39 is 5.60 Å². The lowest BCUT2D eigenvalue weighted by atomic mass is 9.48. The zero-order valence-electron chi connectivity index (χ0n) is 15.0. The van der Waals surface area contributed by atoms with E-state index in [1.54, 1.807) is 6.92 Å². The summed E-state index contributed by atoms with van der Waals surface area (Å²) in [6.07, 6.45) is 11.3. The molecule has 130 valence electrons. The van der Waals surface area contributed by atoms with Crippen LogP contribution >= 0.6 is 0 Å². The number of Topliss-reactive ketones (excluding diaryl/α,β-unsaturated/α-hetero) is 1. The van der Waals surface area contributed by atoms with Crippen molar-refractivity contribution in [1.29, 1.82) is 0 Å². The number of carbonyl (C=O) groups excluding carboxylic acids is 2. The standard InChI is InChI=1S/C21H28O3/c1-13(22)21(24)11-8-18-16-5-4-14-12-15(23)6-9-19(14,2)17(16)7-10-20(18,21)3/h4-5,12,16-18,24H,6-11H2,1-3H3/t16-,17-,18-,19-,20-,21-/m0/s1. The van der Waals surface area contributed by atoms with Crippen LogP contribution in [-0.4, -0.2) is 22.3 Å². The molecule has 0 unspecified atom stereocenters. The molecule has 0 saturated heterocycles. The highest BCUT2D eigenvalue weighted by molar-refractivity contribution is 5.92. The number of hydrogen-bond acceptors (Lipinski definition) is 3. The van der Waals surface area contributed by atoms with Crippen molar-refractivity contribution in [2.45, 2.75) is 64.9 Å². The minimum atomic E-state index is -1.16. The van der Waals surface area contributed by atoms with Gasteiger partial charge in [-0.2, -0.15) is 0 Å². The quantitative estimate of drug-likeness (QED) is 0.800. The molecular formula is C21H28O3. The Morgan fingerprint density at radius 3 is 2.58 bits per heavy atom. The molecule has 0 bridgehead atoms. The first-order chi connectivity index (χ1) is 11.2. The highest BCUT2D eigenvalue weighted by Gasteiger charge is 2.64. The highest BCUT2D eigenvalue weighted by Crippen LogP contribution is 2.66. The van der Waals surface area contributed by atoms with Crippen molar-refractivity contribution in [3.05, 3.63) is 23.8 Å². The Balaban J connectivity index is 1.75. The van der Waals surface area contributed by atoms with Crippen LogP contribution in [0.15, 0.2) is 23.8 Å². The van der Waals surface area contributed by atoms with Crippen LogP contribution in [0.1, 0.15) is 59.3 Å². The van der Waals surface area contributed by atoms with E-state index in [1.165, 1.54) is 5.57 Å². The second-order valence-electron chi connectivity index (χ2n) is 9.04. The van der Waals surface area contributed by atoms with Crippen LogP contribution in [0.2, 0.25) is 0 Å². The van der Waals surface area contributed by atoms with Gasteiger partial charge in [0, 0.05) is 11.8 Å². The average molecular weight is 328 g/mol. The molecule has 0 radical (unpaired) electrons. The lowest BCUT2D eigenvalue weighted by Crippen LogP contribution is -2.56. The van der Waals surface area contributed by atoms with E-state index in [9.17, 15) is 14.7 Å². The monoisotopic (exact) mass is 328 g/mol. The third kappa shape index (κ3) is 1.82. The van der Waals surface area contributed by atoms with E-state index in [2.05, 4.69) is 26.0 Å². The molecule has 2 fully saturated rings. The molecule has 6 atom stereocenters. The van der Waals surface area contributed by atoms with Crippen molar-refractivity contribution in [2.24, 2.45) is 28.6 Å². The van der Waals surface area contributed by atoms with Crippen LogP contribution in [0, 0.1) is 28.6 Å². The van der Waals surface area contributed by atoms with Gasteiger partial charge in [-0.1, -0.05) is 26.0 Å². The van der Waals surface area contributed by atoms with Gasteiger partial charge in [-0.05, 0) is 73.8 Å². The third-order valence-corrected chi connectivity index (χ3v) is 8.25. The van der Waals surface area contributed by atoms with Crippen LogP contribution in [0.25, 0.3) is 0 Å². The van der Waals surface area contributed by atoms with E-state index >= 15 is 0 Å². The topological polar surface area (TPSA) is 54.4 Å². The van der Waals surface area contributed by atoms with Crippen molar-refractivity contribution >= 4 is 11.6 Å². The van der Waals surface area contributed by atoms with Crippen molar-refractivity contribution in [2.75, 3.05) is 0 Å². The van der Waals surface area contributed by atoms with E-state index in [0.29, 0.717) is 30.6 Å². The number of aliphatic hydroxyl groups is 1. The van der Waals surface area contributed by atoms with Crippen LogP contribution < -0.4 is 0 Å². The summed E-state index contributed by atoms with van der Waals surface area (Å²) in [5.41, 5.74) is -0.197. The van der Waals surface area contributed by atoms with Gasteiger partial charge in [0.05, 0.1) is 0 Å². The van der Waals surface area contributed by atoms with Crippen molar-refractivity contribution in [3.8, 4) is 0 Å². The van der Waals surface area contributed by atoms with Crippen molar-refractivity contribution in [3.63, 3.8) is 0 Å². The SMILES string of the molecule is CC(=O)[C@@]1(O)CC[C@H]2[C@H]3C=CC4=CC(=O)CC[C@]4(C)[C@H]3CC[C@@]21C. The molecule has 3 heteroatoms. The second-order valence-corrected chi connectivity index (χ2v) is 9.04. The first-order valence-corrected chi connectivity index (χ1v) is 9.39. The summed E-state index contributed by atoms with van der Waals surface area (Å²) < 4.78 is 0. The van der Waals surface area contributed by atoms with E-state index in [1.807, 2.05) is 6.08 Å². The fourth-order valence-corrected chi connectivity index (χ4v) is 6.59. The van der Waals surface area contributed by atoms with Gasteiger partial charge in [0.15, 0.2) is 11.6 Å². The summed E-state index contributed by atoms with van der Waals surface area (Å²) in [4.78, 5) is 24.0. The number of hydrogen-bond donors (Lipinski definition) is 1. The maximum atomic E-state index is 12.2. The summed E-state index contributed by atoms with van der Waals surface area (Å²) in [7, 11) is 0. The molecule has 0 aliphatic heterocycles. The molecule has 0 spiro atoms. The smallest absolute Gasteiger partial charge is 0.161 e. The maximum Gasteiger partial charge on any atom is 0.161 e. The first-order valence-electron chi connectivity index (χ1n) is 9.39. The Morgan fingerprint density at radius 2 is 1.88 bits per heavy atom. The van der Waals surface area contributed by atoms with Gasteiger partial charge in [0.1, 0.15) is 5.60 Å². The molecular weight excluding hydrogens is 300 g/mol. The number of fused-ring (bicyclic) bond motifs is 5. The predicted molar refractivity (Wildman–Crippen MR) is 92.2 cm³/mol. The predicted octanol–water partition coefficient (Wildman–Crippen LogP) is 3.61. The largest absolute Gasteiger partial charge is 0.382 e. The lowest BCUT2D eigenvalue weighted by Gasteiger charge is -2.56. The Morgan fingerprint density at radius 1 is 1.17 bits per heavy atom. The maximum absolute atomic E-state index is 12.2. The van der Waals surface area contributed by atoms with Crippen LogP contribution in [-0.2, 0) is 9.59 Å². The van der Waals surface area contributed by atoms with E-state index in [-0.39, 0.29) is 22.4 Å². The molecule has 0 aromatic heterocycles. The normalized spacial score (nSPS) is 49.9. The summed E-state index contributed by atoms with van der Waals surface area (Å²) in [6.45, 7) is 6.00. The molecule has 2 saturated carbocycles. The molecule has 0 aromatic carbocycles. The fourth-order valence-electron chi connectivity index (χ4n) is 6.59. The summed E-state index contributed by atoms with van der Waals surface area (Å²) in [5, 5.41) is 11.1. The molecule has 24 heavy (non-hydrogen) atoms. The molecule has 4 rings (SSSR count). The van der Waals surface area contributed by atoms with Crippen molar-refractivity contribution in [1.82, 2.24) is 0 Å². The number of carbonyl (C=O) groups is 2. The zero-order valence-corrected chi connectivity index (χ0v) is 15.0. The minimum absolute atomic E-state index is 0.0687. The molecule has 3 nitrogen and oxygen atoms in total.